The van der Waals surface area contributed by atoms with E-state index >= 15 is 0 Å². The van der Waals surface area contributed by atoms with E-state index in [0.29, 0.717) is 18.4 Å². The highest BCUT2D eigenvalue weighted by Gasteiger charge is 2.50. The fraction of sp³-hybridized carbons (Fsp3) is 0.667. The molecule has 0 aliphatic carbocycles. The van der Waals surface area contributed by atoms with Crippen LogP contribution in [0.3, 0.4) is 0 Å². The van der Waals surface area contributed by atoms with Gasteiger partial charge in [0.15, 0.2) is 0 Å². The average molecular weight is 344 g/mol. The third-order valence-corrected chi connectivity index (χ3v) is 6.19. The second-order valence-electron chi connectivity index (χ2n) is 8.18. The van der Waals surface area contributed by atoms with Crippen molar-refractivity contribution in [3.8, 4) is 0 Å². The predicted molar refractivity (Wildman–Crippen MR) is 100 cm³/mol. The Bertz CT molecular complexity index is 575. The van der Waals surface area contributed by atoms with E-state index in [9.17, 15) is 9.90 Å². The van der Waals surface area contributed by atoms with Gasteiger partial charge in [-0.25, -0.2) is 0 Å². The van der Waals surface area contributed by atoms with Crippen molar-refractivity contribution in [2.45, 2.75) is 45.6 Å². The second-order valence-corrected chi connectivity index (χ2v) is 8.18. The summed E-state index contributed by atoms with van der Waals surface area (Å²) in [6.07, 6.45) is 3.55. The van der Waals surface area contributed by atoms with Gasteiger partial charge in [0.1, 0.15) is 0 Å². The van der Waals surface area contributed by atoms with Gasteiger partial charge in [-0.15, -0.1) is 0 Å². The van der Waals surface area contributed by atoms with Crippen LogP contribution in [0.4, 0.5) is 0 Å². The summed E-state index contributed by atoms with van der Waals surface area (Å²) in [5.41, 5.74) is 1.18. The van der Waals surface area contributed by atoms with Crippen LogP contribution >= 0.6 is 0 Å². The van der Waals surface area contributed by atoms with E-state index in [0.717, 1.165) is 45.4 Å². The first-order valence-corrected chi connectivity index (χ1v) is 9.71. The molecule has 1 aromatic carbocycles. The summed E-state index contributed by atoms with van der Waals surface area (Å²) in [6.45, 7) is 8.17. The number of carbonyl (C=O) groups is 1. The summed E-state index contributed by atoms with van der Waals surface area (Å²) < 4.78 is 0. The number of aliphatic hydroxyl groups excluding tert-OH is 1. The number of carbonyl (C=O) groups excluding carboxylic acids is 1. The molecule has 138 valence electrons. The van der Waals surface area contributed by atoms with E-state index in [1.165, 1.54) is 5.56 Å². The number of piperidine rings is 1. The number of aliphatic hydroxyl groups is 1. The van der Waals surface area contributed by atoms with Gasteiger partial charge in [-0.1, -0.05) is 30.3 Å². The highest BCUT2D eigenvalue weighted by atomic mass is 16.3. The van der Waals surface area contributed by atoms with Gasteiger partial charge >= 0.3 is 0 Å². The first-order valence-electron chi connectivity index (χ1n) is 9.71. The minimum atomic E-state index is -0.113. The Morgan fingerprint density at radius 1 is 1.28 bits per heavy atom. The topological polar surface area (TPSA) is 43.8 Å². The largest absolute Gasteiger partial charge is 0.396 e. The molecule has 2 aliphatic heterocycles. The maximum atomic E-state index is 12.7. The molecule has 1 N–H and O–H groups in total. The van der Waals surface area contributed by atoms with Crippen LogP contribution in [0.25, 0.3) is 0 Å². The quantitative estimate of drug-likeness (QED) is 0.862. The standard InChI is InChI=1S/C21H32N2O2/c1-17(2)22-12-11-19-13-23(15-21(19,14-22)16-24)20(25)10-6-9-18-7-4-3-5-8-18/h3-5,7-8,17,19,24H,6,9-16H2,1-2H3/t19-,21+/m1/s1. The molecule has 2 aliphatic rings. The third-order valence-electron chi connectivity index (χ3n) is 6.19. The van der Waals surface area contributed by atoms with Gasteiger partial charge in [0, 0.05) is 37.5 Å². The van der Waals surface area contributed by atoms with Crippen molar-refractivity contribution >= 4 is 5.91 Å². The number of hydrogen-bond acceptors (Lipinski definition) is 3. The Balaban J connectivity index is 1.54. The molecule has 2 heterocycles. The van der Waals surface area contributed by atoms with Gasteiger partial charge in [0.25, 0.3) is 0 Å². The molecule has 25 heavy (non-hydrogen) atoms. The van der Waals surface area contributed by atoms with Crippen molar-refractivity contribution in [1.29, 1.82) is 0 Å². The highest BCUT2D eigenvalue weighted by molar-refractivity contribution is 5.76. The molecule has 3 rings (SSSR count). The first kappa shape index (κ1) is 18.4. The van der Waals surface area contributed by atoms with Crippen LogP contribution in [-0.2, 0) is 11.2 Å². The number of rotatable bonds is 6. The molecule has 0 unspecified atom stereocenters. The van der Waals surface area contributed by atoms with Crippen molar-refractivity contribution in [2.75, 3.05) is 32.8 Å². The Labute approximate surface area is 151 Å². The van der Waals surface area contributed by atoms with Crippen molar-refractivity contribution in [3.05, 3.63) is 35.9 Å². The van der Waals surface area contributed by atoms with Crippen LogP contribution in [0.2, 0.25) is 0 Å². The molecule has 1 aromatic rings. The maximum absolute atomic E-state index is 12.7. The first-order chi connectivity index (χ1) is 12.0. The van der Waals surface area contributed by atoms with Gasteiger partial charge in [-0.3, -0.25) is 4.79 Å². The van der Waals surface area contributed by atoms with Gasteiger partial charge in [0.05, 0.1) is 6.61 Å². The van der Waals surface area contributed by atoms with Crippen LogP contribution < -0.4 is 0 Å². The molecule has 4 heteroatoms. The van der Waals surface area contributed by atoms with Crippen LogP contribution in [-0.4, -0.2) is 59.6 Å². The zero-order valence-electron chi connectivity index (χ0n) is 15.7. The summed E-state index contributed by atoms with van der Waals surface area (Å²) in [5.74, 6) is 0.708. The molecule has 0 aromatic heterocycles. The maximum Gasteiger partial charge on any atom is 0.222 e. The number of amides is 1. The van der Waals surface area contributed by atoms with Crippen LogP contribution in [0.15, 0.2) is 30.3 Å². The SMILES string of the molecule is CC(C)N1CC[C@@H]2CN(C(=O)CCCc3ccccc3)C[C@]2(CO)C1. The lowest BCUT2D eigenvalue weighted by molar-refractivity contribution is -0.130. The van der Waals surface area contributed by atoms with Crippen LogP contribution in [0, 0.1) is 11.3 Å². The molecule has 2 saturated heterocycles. The van der Waals surface area contributed by atoms with Crippen LogP contribution in [0.5, 0.6) is 0 Å². The van der Waals surface area contributed by atoms with Crippen molar-refractivity contribution < 1.29 is 9.90 Å². The molecular formula is C21H32N2O2. The normalized spacial score (nSPS) is 26.9. The smallest absolute Gasteiger partial charge is 0.222 e. The molecule has 0 radical (unpaired) electrons. The number of aryl methyl sites for hydroxylation is 1. The van der Waals surface area contributed by atoms with E-state index in [-0.39, 0.29) is 17.9 Å². The zero-order chi connectivity index (χ0) is 17.9. The van der Waals surface area contributed by atoms with Gasteiger partial charge in [-0.05, 0) is 51.1 Å². The molecule has 0 bridgehead atoms. The molecule has 0 saturated carbocycles. The Hall–Kier alpha value is -1.39. The fourth-order valence-corrected chi connectivity index (χ4v) is 4.52. The third kappa shape index (κ3) is 4.06. The summed E-state index contributed by atoms with van der Waals surface area (Å²) in [6, 6.07) is 10.9. The number of benzene rings is 1. The fourth-order valence-electron chi connectivity index (χ4n) is 4.52. The number of nitrogens with zero attached hydrogens (tertiary/aromatic N) is 2. The van der Waals surface area contributed by atoms with E-state index in [1.807, 2.05) is 23.1 Å². The average Bonchev–Trinajstić information content (AvgIpc) is 3.02. The predicted octanol–water partition coefficient (Wildman–Crippen LogP) is 2.56. The van der Waals surface area contributed by atoms with E-state index in [2.05, 4.69) is 30.9 Å². The lowest BCUT2D eigenvalue weighted by atomic mass is 9.73. The van der Waals surface area contributed by atoms with Gasteiger partial charge in [0.2, 0.25) is 5.91 Å². The minimum absolute atomic E-state index is 0.113. The van der Waals surface area contributed by atoms with Crippen molar-refractivity contribution in [1.82, 2.24) is 9.80 Å². The molecule has 2 atom stereocenters. The van der Waals surface area contributed by atoms with Crippen LogP contribution in [0.1, 0.15) is 38.7 Å². The van der Waals surface area contributed by atoms with Gasteiger partial charge in [-0.2, -0.15) is 0 Å². The minimum Gasteiger partial charge on any atom is -0.396 e. The Kier molecular flexibility index (Phi) is 5.80. The number of hydrogen-bond donors (Lipinski definition) is 1. The second kappa shape index (κ2) is 7.88. The van der Waals surface area contributed by atoms with Crippen molar-refractivity contribution in [3.63, 3.8) is 0 Å². The van der Waals surface area contributed by atoms with Gasteiger partial charge < -0.3 is 14.9 Å². The zero-order valence-corrected chi connectivity index (χ0v) is 15.7. The Morgan fingerprint density at radius 3 is 2.72 bits per heavy atom. The molecule has 1 amide bonds. The number of likely N-dealkylation sites (tertiary alicyclic amines) is 2. The summed E-state index contributed by atoms with van der Waals surface area (Å²) >= 11 is 0. The molecule has 0 spiro atoms. The number of fused-ring (bicyclic) bond motifs is 1. The van der Waals surface area contributed by atoms with E-state index in [1.54, 1.807) is 0 Å². The monoisotopic (exact) mass is 344 g/mol. The Morgan fingerprint density at radius 2 is 2.04 bits per heavy atom. The lowest BCUT2D eigenvalue weighted by Gasteiger charge is -2.44. The van der Waals surface area contributed by atoms with E-state index in [4.69, 9.17) is 0 Å². The summed E-state index contributed by atoms with van der Waals surface area (Å²) in [5, 5.41) is 10.1. The molecule has 4 nitrogen and oxygen atoms in total. The summed E-state index contributed by atoms with van der Waals surface area (Å²) in [4.78, 5) is 17.2. The van der Waals surface area contributed by atoms with Crippen molar-refractivity contribution in [2.24, 2.45) is 11.3 Å². The highest BCUT2D eigenvalue weighted by Crippen LogP contribution is 2.42. The van der Waals surface area contributed by atoms with E-state index < -0.39 is 0 Å². The molecular weight excluding hydrogens is 312 g/mol. The molecule has 2 fully saturated rings. The summed E-state index contributed by atoms with van der Waals surface area (Å²) in [7, 11) is 0. The lowest BCUT2D eigenvalue weighted by Crippen LogP contribution is -2.52.